The van der Waals surface area contributed by atoms with Crippen molar-refractivity contribution in [3.05, 3.63) is 42.0 Å². The smallest absolute Gasteiger partial charge is 0.122 e. The molecule has 0 N–H and O–H groups in total. The van der Waals surface area contributed by atoms with Crippen LogP contribution in [0.1, 0.15) is 18.1 Å². The molecule has 0 fully saturated rings. The molecule has 0 aliphatic heterocycles. The minimum absolute atomic E-state index is 0.491. The number of rotatable bonds is 4. The Morgan fingerprint density at radius 3 is 2.79 bits per heavy atom. The SMILES string of the molecule is C=CC(C)Cc1c(C)cccc1OC. The van der Waals surface area contributed by atoms with Gasteiger partial charge >= 0.3 is 0 Å². The highest BCUT2D eigenvalue weighted by Crippen LogP contribution is 2.24. The Hall–Kier alpha value is -1.24. The summed E-state index contributed by atoms with van der Waals surface area (Å²) >= 11 is 0. The van der Waals surface area contributed by atoms with Gasteiger partial charge < -0.3 is 4.74 Å². The maximum Gasteiger partial charge on any atom is 0.122 e. The van der Waals surface area contributed by atoms with Crippen molar-refractivity contribution in [2.45, 2.75) is 20.3 Å². The Balaban J connectivity index is 2.98. The van der Waals surface area contributed by atoms with Crippen LogP contribution < -0.4 is 4.74 Å². The second kappa shape index (κ2) is 4.85. The van der Waals surface area contributed by atoms with Gasteiger partial charge in [0, 0.05) is 0 Å². The number of hydrogen-bond donors (Lipinski definition) is 0. The molecular formula is C13H18O. The van der Waals surface area contributed by atoms with E-state index in [1.165, 1.54) is 11.1 Å². The Morgan fingerprint density at radius 1 is 1.50 bits per heavy atom. The number of aryl methyl sites for hydroxylation is 1. The van der Waals surface area contributed by atoms with Crippen LogP contribution in [0.25, 0.3) is 0 Å². The van der Waals surface area contributed by atoms with E-state index in [0.717, 1.165) is 12.2 Å². The zero-order chi connectivity index (χ0) is 10.6. The minimum atomic E-state index is 0.491. The van der Waals surface area contributed by atoms with Crippen LogP contribution >= 0.6 is 0 Å². The van der Waals surface area contributed by atoms with Crippen LogP contribution in [0.15, 0.2) is 30.9 Å². The lowest BCUT2D eigenvalue weighted by molar-refractivity contribution is 0.407. The van der Waals surface area contributed by atoms with Gasteiger partial charge in [0.1, 0.15) is 5.75 Å². The third kappa shape index (κ3) is 2.38. The van der Waals surface area contributed by atoms with E-state index in [4.69, 9.17) is 4.74 Å². The lowest BCUT2D eigenvalue weighted by Crippen LogP contribution is -2.01. The predicted molar refractivity (Wildman–Crippen MR) is 60.8 cm³/mol. The topological polar surface area (TPSA) is 9.23 Å². The average Bonchev–Trinajstić information content (AvgIpc) is 2.20. The Kier molecular flexibility index (Phi) is 3.75. The monoisotopic (exact) mass is 190 g/mol. The molecule has 0 heterocycles. The fraction of sp³-hybridized carbons (Fsp3) is 0.385. The molecule has 0 amide bonds. The van der Waals surface area contributed by atoms with Crippen molar-refractivity contribution in [1.82, 2.24) is 0 Å². The van der Waals surface area contributed by atoms with E-state index in [1.54, 1.807) is 7.11 Å². The highest BCUT2D eigenvalue weighted by molar-refractivity contribution is 5.40. The lowest BCUT2D eigenvalue weighted by atomic mass is 9.97. The van der Waals surface area contributed by atoms with Crippen molar-refractivity contribution < 1.29 is 4.74 Å². The summed E-state index contributed by atoms with van der Waals surface area (Å²) in [7, 11) is 1.72. The molecule has 0 spiro atoms. The molecule has 1 nitrogen and oxygen atoms in total. The molecule has 1 atom stereocenters. The second-order valence-corrected chi connectivity index (χ2v) is 3.67. The summed E-state index contributed by atoms with van der Waals surface area (Å²) in [5, 5.41) is 0. The molecule has 0 saturated carbocycles. The molecule has 0 aromatic heterocycles. The Bertz CT molecular complexity index is 315. The molecule has 0 radical (unpaired) electrons. The second-order valence-electron chi connectivity index (χ2n) is 3.67. The normalized spacial score (nSPS) is 12.2. The molecule has 0 saturated heterocycles. The summed E-state index contributed by atoms with van der Waals surface area (Å²) in [6.45, 7) is 8.09. The summed E-state index contributed by atoms with van der Waals surface area (Å²) < 4.78 is 5.34. The molecule has 0 aliphatic rings. The molecule has 1 aromatic carbocycles. The summed E-state index contributed by atoms with van der Waals surface area (Å²) in [4.78, 5) is 0. The number of allylic oxidation sites excluding steroid dienone is 1. The lowest BCUT2D eigenvalue weighted by Gasteiger charge is -2.13. The van der Waals surface area contributed by atoms with Crippen LogP contribution in [-0.4, -0.2) is 7.11 Å². The van der Waals surface area contributed by atoms with Gasteiger partial charge in [-0.25, -0.2) is 0 Å². The fourth-order valence-electron chi connectivity index (χ4n) is 1.53. The van der Waals surface area contributed by atoms with Gasteiger partial charge in [0.25, 0.3) is 0 Å². The third-order valence-corrected chi connectivity index (χ3v) is 2.52. The van der Waals surface area contributed by atoms with E-state index < -0.39 is 0 Å². The Labute approximate surface area is 86.4 Å². The fourth-order valence-corrected chi connectivity index (χ4v) is 1.53. The summed E-state index contributed by atoms with van der Waals surface area (Å²) in [5.74, 6) is 1.48. The number of methoxy groups -OCH3 is 1. The molecule has 76 valence electrons. The standard InChI is InChI=1S/C13H18O/c1-5-10(2)9-12-11(3)7-6-8-13(12)14-4/h5-8,10H,1,9H2,2-4H3. The van der Waals surface area contributed by atoms with Crippen molar-refractivity contribution in [3.8, 4) is 5.75 Å². The first-order chi connectivity index (χ1) is 6.69. The zero-order valence-corrected chi connectivity index (χ0v) is 9.21. The molecule has 1 heteroatoms. The van der Waals surface area contributed by atoms with Crippen LogP contribution in [0, 0.1) is 12.8 Å². The maximum absolute atomic E-state index is 5.34. The van der Waals surface area contributed by atoms with Crippen molar-refractivity contribution >= 4 is 0 Å². The summed E-state index contributed by atoms with van der Waals surface area (Å²) in [6.07, 6.45) is 2.98. The van der Waals surface area contributed by atoms with Crippen molar-refractivity contribution in [2.24, 2.45) is 5.92 Å². The first kappa shape index (κ1) is 10.8. The van der Waals surface area contributed by atoms with Crippen molar-refractivity contribution in [1.29, 1.82) is 0 Å². The Morgan fingerprint density at radius 2 is 2.21 bits per heavy atom. The quantitative estimate of drug-likeness (QED) is 0.661. The van der Waals surface area contributed by atoms with Gasteiger partial charge in [-0.3, -0.25) is 0 Å². The number of hydrogen-bond acceptors (Lipinski definition) is 1. The van der Waals surface area contributed by atoms with Crippen LogP contribution in [0.2, 0.25) is 0 Å². The van der Waals surface area contributed by atoms with Gasteiger partial charge in [0.15, 0.2) is 0 Å². The van der Waals surface area contributed by atoms with E-state index >= 15 is 0 Å². The highest BCUT2D eigenvalue weighted by Gasteiger charge is 2.08. The van der Waals surface area contributed by atoms with Crippen molar-refractivity contribution in [3.63, 3.8) is 0 Å². The van der Waals surface area contributed by atoms with Crippen LogP contribution in [0.5, 0.6) is 5.75 Å². The van der Waals surface area contributed by atoms with E-state index in [9.17, 15) is 0 Å². The van der Waals surface area contributed by atoms with Crippen LogP contribution in [-0.2, 0) is 6.42 Å². The minimum Gasteiger partial charge on any atom is -0.496 e. The largest absolute Gasteiger partial charge is 0.496 e. The molecular weight excluding hydrogens is 172 g/mol. The van der Waals surface area contributed by atoms with Gasteiger partial charge in [-0.05, 0) is 36.5 Å². The van der Waals surface area contributed by atoms with Gasteiger partial charge in [0.05, 0.1) is 7.11 Å². The summed E-state index contributed by atoms with van der Waals surface area (Å²) in [6, 6.07) is 6.15. The van der Waals surface area contributed by atoms with Crippen LogP contribution in [0.4, 0.5) is 0 Å². The van der Waals surface area contributed by atoms with E-state index in [-0.39, 0.29) is 0 Å². The van der Waals surface area contributed by atoms with Gasteiger partial charge in [-0.1, -0.05) is 25.1 Å². The van der Waals surface area contributed by atoms with E-state index in [2.05, 4.69) is 26.5 Å². The molecule has 0 bridgehead atoms. The predicted octanol–water partition coefficient (Wildman–Crippen LogP) is 3.37. The highest BCUT2D eigenvalue weighted by atomic mass is 16.5. The molecule has 14 heavy (non-hydrogen) atoms. The number of benzene rings is 1. The van der Waals surface area contributed by atoms with Gasteiger partial charge in [-0.15, -0.1) is 6.58 Å². The summed E-state index contributed by atoms with van der Waals surface area (Å²) in [5.41, 5.74) is 2.58. The zero-order valence-electron chi connectivity index (χ0n) is 9.21. The molecule has 0 aliphatic carbocycles. The van der Waals surface area contributed by atoms with E-state index in [1.807, 2.05) is 18.2 Å². The first-order valence-corrected chi connectivity index (χ1v) is 4.94. The molecule has 1 rings (SSSR count). The average molecular weight is 190 g/mol. The first-order valence-electron chi connectivity index (χ1n) is 4.94. The number of ether oxygens (including phenoxy) is 1. The van der Waals surface area contributed by atoms with E-state index in [0.29, 0.717) is 5.92 Å². The van der Waals surface area contributed by atoms with Crippen molar-refractivity contribution in [2.75, 3.05) is 7.11 Å². The third-order valence-electron chi connectivity index (χ3n) is 2.52. The van der Waals surface area contributed by atoms with Crippen LogP contribution in [0.3, 0.4) is 0 Å². The molecule has 1 unspecified atom stereocenters. The van der Waals surface area contributed by atoms with Gasteiger partial charge in [-0.2, -0.15) is 0 Å². The molecule has 1 aromatic rings. The maximum atomic E-state index is 5.34. The van der Waals surface area contributed by atoms with Gasteiger partial charge in [0.2, 0.25) is 0 Å².